The zero-order valence-corrected chi connectivity index (χ0v) is 7.91. The Kier molecular flexibility index (Phi) is 2.23. The van der Waals surface area contributed by atoms with Gasteiger partial charge in [0.05, 0.1) is 0 Å². The van der Waals surface area contributed by atoms with Gasteiger partial charge in [-0.2, -0.15) is 0 Å². The highest BCUT2D eigenvalue weighted by molar-refractivity contribution is 7.07. The smallest absolute Gasteiger partial charge is 0.220 e. The molecular formula is C9H8N2OS. The van der Waals surface area contributed by atoms with Crippen molar-refractivity contribution in [3.8, 4) is 10.8 Å². The molecule has 0 saturated heterocycles. The summed E-state index contributed by atoms with van der Waals surface area (Å²) in [6.45, 7) is 2.04. The molecule has 0 aliphatic rings. The van der Waals surface area contributed by atoms with Gasteiger partial charge in [-0.3, -0.25) is 0 Å². The molecule has 3 nitrogen and oxygen atoms in total. The Morgan fingerprint density at radius 2 is 2.00 bits per heavy atom. The molecule has 2 rings (SSSR count). The molecule has 0 N–H and O–H groups in total. The quantitative estimate of drug-likeness (QED) is 0.733. The average Bonchev–Trinajstić information content (AvgIpc) is 2.62. The predicted molar refractivity (Wildman–Crippen MR) is 51.2 cm³/mol. The molecule has 0 unspecified atom stereocenters. The van der Waals surface area contributed by atoms with E-state index in [4.69, 9.17) is 4.74 Å². The first kappa shape index (κ1) is 8.19. The van der Waals surface area contributed by atoms with Crippen LogP contribution in [0.3, 0.4) is 0 Å². The first-order valence-electron chi connectivity index (χ1n) is 3.86. The Balaban J connectivity index is 2.15. The largest absolute Gasteiger partial charge is 0.443 e. The number of ether oxygens (including phenoxy) is 1. The SMILES string of the molecule is Cc1ccc(Oc2cnns2)cc1. The minimum atomic E-state index is 0.712. The summed E-state index contributed by atoms with van der Waals surface area (Å²) in [6.07, 6.45) is 1.60. The van der Waals surface area contributed by atoms with E-state index in [0.29, 0.717) is 5.06 Å². The van der Waals surface area contributed by atoms with Crippen LogP contribution in [0.2, 0.25) is 0 Å². The third-order valence-corrected chi connectivity index (χ3v) is 2.13. The Morgan fingerprint density at radius 1 is 1.23 bits per heavy atom. The van der Waals surface area contributed by atoms with Crippen LogP contribution < -0.4 is 4.74 Å². The molecule has 4 heteroatoms. The van der Waals surface area contributed by atoms with E-state index in [0.717, 1.165) is 5.75 Å². The summed E-state index contributed by atoms with van der Waals surface area (Å²) in [4.78, 5) is 0. The maximum Gasteiger partial charge on any atom is 0.220 e. The van der Waals surface area contributed by atoms with E-state index in [-0.39, 0.29) is 0 Å². The van der Waals surface area contributed by atoms with Crippen LogP contribution in [0.25, 0.3) is 0 Å². The fraction of sp³-hybridized carbons (Fsp3) is 0.111. The van der Waals surface area contributed by atoms with Gasteiger partial charge in [-0.15, -0.1) is 5.10 Å². The lowest BCUT2D eigenvalue weighted by molar-refractivity contribution is 0.495. The predicted octanol–water partition coefficient (Wildman–Crippen LogP) is 2.64. The Bertz CT molecular complexity index is 369. The fourth-order valence-corrected chi connectivity index (χ4v) is 1.33. The first-order valence-corrected chi connectivity index (χ1v) is 4.64. The molecule has 0 radical (unpaired) electrons. The van der Waals surface area contributed by atoms with Gasteiger partial charge in [0.1, 0.15) is 11.9 Å². The minimum absolute atomic E-state index is 0.712. The molecule has 13 heavy (non-hydrogen) atoms. The van der Waals surface area contributed by atoms with Gasteiger partial charge in [0.25, 0.3) is 0 Å². The number of aryl methyl sites for hydroxylation is 1. The van der Waals surface area contributed by atoms with Gasteiger partial charge in [-0.05, 0) is 19.1 Å². The van der Waals surface area contributed by atoms with Crippen molar-refractivity contribution in [2.75, 3.05) is 0 Å². The molecule has 0 bridgehead atoms. The summed E-state index contributed by atoms with van der Waals surface area (Å²) in [7, 11) is 0. The molecule has 0 aliphatic carbocycles. The van der Waals surface area contributed by atoms with Gasteiger partial charge >= 0.3 is 0 Å². The summed E-state index contributed by atoms with van der Waals surface area (Å²) in [6, 6.07) is 7.86. The van der Waals surface area contributed by atoms with E-state index in [9.17, 15) is 0 Å². The van der Waals surface area contributed by atoms with Crippen LogP contribution in [0.5, 0.6) is 10.8 Å². The lowest BCUT2D eigenvalue weighted by Crippen LogP contribution is -1.80. The topological polar surface area (TPSA) is 35.0 Å². The number of hydrogen-bond acceptors (Lipinski definition) is 4. The van der Waals surface area contributed by atoms with Gasteiger partial charge in [-0.25, -0.2) is 0 Å². The fourth-order valence-electron chi connectivity index (χ4n) is 0.926. The molecular weight excluding hydrogens is 184 g/mol. The first-order chi connectivity index (χ1) is 6.34. The second kappa shape index (κ2) is 3.53. The Morgan fingerprint density at radius 3 is 2.62 bits per heavy atom. The maximum absolute atomic E-state index is 5.47. The molecule has 0 atom stereocenters. The van der Waals surface area contributed by atoms with E-state index >= 15 is 0 Å². The van der Waals surface area contributed by atoms with Gasteiger partial charge in [0.2, 0.25) is 5.06 Å². The zero-order valence-electron chi connectivity index (χ0n) is 7.10. The van der Waals surface area contributed by atoms with E-state index in [2.05, 4.69) is 9.59 Å². The molecule has 0 aliphatic heterocycles. The molecule has 0 fully saturated rings. The molecule has 66 valence electrons. The number of rotatable bonds is 2. The minimum Gasteiger partial charge on any atom is -0.443 e. The summed E-state index contributed by atoms with van der Waals surface area (Å²) < 4.78 is 9.17. The monoisotopic (exact) mass is 192 g/mol. The third kappa shape index (κ3) is 2.03. The summed E-state index contributed by atoms with van der Waals surface area (Å²) >= 11 is 1.24. The van der Waals surface area contributed by atoms with Crippen molar-refractivity contribution in [1.82, 2.24) is 9.59 Å². The molecule has 0 amide bonds. The van der Waals surface area contributed by atoms with Crippen LogP contribution in [0, 0.1) is 6.92 Å². The summed E-state index contributed by atoms with van der Waals surface area (Å²) in [5.74, 6) is 0.816. The Labute approximate surface area is 80.2 Å². The van der Waals surface area contributed by atoms with Gasteiger partial charge in [-0.1, -0.05) is 22.2 Å². The van der Waals surface area contributed by atoms with Crippen molar-refractivity contribution in [3.63, 3.8) is 0 Å². The van der Waals surface area contributed by atoms with Crippen molar-refractivity contribution in [2.45, 2.75) is 6.92 Å². The van der Waals surface area contributed by atoms with E-state index in [1.54, 1.807) is 6.20 Å². The molecule has 2 aromatic rings. The van der Waals surface area contributed by atoms with Crippen LogP contribution in [0.4, 0.5) is 0 Å². The standard InChI is InChI=1S/C9H8N2OS/c1-7-2-4-8(5-3-7)12-9-6-10-11-13-9/h2-6H,1H3. The third-order valence-electron chi connectivity index (χ3n) is 1.58. The van der Waals surface area contributed by atoms with Crippen LogP contribution in [0.15, 0.2) is 30.5 Å². The van der Waals surface area contributed by atoms with Crippen LogP contribution in [0.1, 0.15) is 5.56 Å². The zero-order chi connectivity index (χ0) is 9.10. The lowest BCUT2D eigenvalue weighted by atomic mass is 10.2. The van der Waals surface area contributed by atoms with Gasteiger partial charge < -0.3 is 4.74 Å². The van der Waals surface area contributed by atoms with Crippen LogP contribution >= 0.6 is 11.5 Å². The normalized spacial score (nSPS) is 9.92. The number of hydrogen-bond donors (Lipinski definition) is 0. The van der Waals surface area contributed by atoms with Gasteiger partial charge in [0, 0.05) is 11.5 Å². The second-order valence-corrected chi connectivity index (χ2v) is 3.40. The highest BCUT2D eigenvalue weighted by Crippen LogP contribution is 2.22. The lowest BCUT2D eigenvalue weighted by Gasteiger charge is -2.00. The van der Waals surface area contributed by atoms with Crippen molar-refractivity contribution >= 4 is 11.5 Å². The van der Waals surface area contributed by atoms with Crippen LogP contribution in [-0.2, 0) is 0 Å². The molecule has 1 aromatic heterocycles. The molecule has 1 aromatic carbocycles. The van der Waals surface area contributed by atoms with Crippen molar-refractivity contribution in [2.24, 2.45) is 0 Å². The second-order valence-electron chi connectivity index (χ2n) is 2.65. The van der Waals surface area contributed by atoms with Crippen molar-refractivity contribution in [1.29, 1.82) is 0 Å². The molecule has 1 heterocycles. The number of aromatic nitrogens is 2. The number of benzene rings is 1. The van der Waals surface area contributed by atoms with E-state index in [1.165, 1.54) is 17.1 Å². The summed E-state index contributed by atoms with van der Waals surface area (Å²) in [5.41, 5.74) is 1.22. The summed E-state index contributed by atoms with van der Waals surface area (Å²) in [5, 5.41) is 4.39. The van der Waals surface area contributed by atoms with Gasteiger partial charge in [0.15, 0.2) is 0 Å². The highest BCUT2D eigenvalue weighted by Gasteiger charge is 1.98. The van der Waals surface area contributed by atoms with E-state index in [1.807, 2.05) is 31.2 Å². The number of nitrogens with zero attached hydrogens (tertiary/aromatic N) is 2. The van der Waals surface area contributed by atoms with E-state index < -0.39 is 0 Å². The van der Waals surface area contributed by atoms with Crippen molar-refractivity contribution < 1.29 is 4.74 Å². The maximum atomic E-state index is 5.47. The molecule has 0 saturated carbocycles. The highest BCUT2D eigenvalue weighted by atomic mass is 32.1. The van der Waals surface area contributed by atoms with Crippen LogP contribution in [-0.4, -0.2) is 9.59 Å². The Hall–Kier alpha value is -1.42. The average molecular weight is 192 g/mol. The molecule has 0 spiro atoms. The van der Waals surface area contributed by atoms with Crippen molar-refractivity contribution in [3.05, 3.63) is 36.0 Å².